The Balaban J connectivity index is 1.74. The number of hydrogen-bond acceptors (Lipinski definition) is 8. The molecule has 1 N–H and O–H groups in total. The minimum atomic E-state index is -1.13. The molecule has 3 atom stereocenters. The summed E-state index contributed by atoms with van der Waals surface area (Å²) in [4.78, 5) is 51.6. The van der Waals surface area contributed by atoms with Gasteiger partial charge < -0.3 is 19.7 Å². The molecule has 1 aromatic rings. The van der Waals surface area contributed by atoms with E-state index in [1.165, 1.54) is 23.6 Å². The monoisotopic (exact) mass is 492 g/mol. The zero-order valence-electron chi connectivity index (χ0n) is 18.9. The van der Waals surface area contributed by atoms with E-state index >= 15 is 0 Å². The van der Waals surface area contributed by atoms with Crippen molar-refractivity contribution >= 4 is 46.4 Å². The van der Waals surface area contributed by atoms with E-state index in [2.05, 4.69) is 12.2 Å². The topological polar surface area (TPSA) is 102 Å². The molecule has 0 bridgehead atoms. The second-order valence-corrected chi connectivity index (χ2v) is 9.78. The smallest absolute Gasteiger partial charge is 0.334 e. The number of hydrogen-bond donors (Lipinski definition) is 1. The van der Waals surface area contributed by atoms with Gasteiger partial charge in [-0.15, -0.1) is 11.8 Å². The fourth-order valence-electron chi connectivity index (χ4n) is 3.57. The van der Waals surface area contributed by atoms with Crippen LogP contribution in [0.2, 0.25) is 0 Å². The van der Waals surface area contributed by atoms with Crippen LogP contribution in [0, 0.1) is 0 Å². The second-order valence-electron chi connectivity index (χ2n) is 7.72. The zero-order valence-corrected chi connectivity index (χ0v) is 20.5. The maximum atomic E-state index is 13.1. The molecule has 1 aromatic carbocycles. The molecule has 3 rings (SSSR count). The number of nitrogens with zero attached hydrogens (tertiary/aromatic N) is 1. The van der Waals surface area contributed by atoms with Crippen LogP contribution in [0.1, 0.15) is 38.7 Å². The van der Waals surface area contributed by atoms with Crippen LogP contribution in [0.25, 0.3) is 0 Å². The van der Waals surface area contributed by atoms with Crippen molar-refractivity contribution in [1.82, 2.24) is 10.2 Å². The number of methoxy groups -OCH3 is 1. The van der Waals surface area contributed by atoms with Gasteiger partial charge in [0.1, 0.15) is 23.8 Å². The van der Waals surface area contributed by atoms with Crippen molar-refractivity contribution in [3.8, 4) is 5.75 Å². The number of carbonyl (C=O) groups excluding carboxylic acids is 4. The molecule has 0 aromatic heterocycles. The summed E-state index contributed by atoms with van der Waals surface area (Å²) < 4.78 is 10.6. The highest BCUT2D eigenvalue weighted by Gasteiger charge is 2.57. The van der Waals surface area contributed by atoms with Crippen LogP contribution in [0.4, 0.5) is 0 Å². The van der Waals surface area contributed by atoms with Crippen LogP contribution >= 0.6 is 23.5 Å². The average Bonchev–Trinajstić information content (AvgIpc) is 2.82. The first-order valence-electron chi connectivity index (χ1n) is 10.8. The van der Waals surface area contributed by atoms with E-state index in [0.29, 0.717) is 11.5 Å². The summed E-state index contributed by atoms with van der Waals surface area (Å²) in [5, 5.41) is 3.56. The molecule has 2 unspecified atom stereocenters. The largest absolute Gasteiger partial charge is 0.497 e. The van der Waals surface area contributed by atoms with E-state index in [1.807, 2.05) is 0 Å². The molecule has 0 saturated carbocycles. The van der Waals surface area contributed by atoms with E-state index in [0.717, 1.165) is 36.6 Å². The molecule has 0 aliphatic carbocycles. The van der Waals surface area contributed by atoms with Crippen molar-refractivity contribution in [3.05, 3.63) is 40.8 Å². The number of nitrogens with one attached hydrogen (secondary N) is 1. The Morgan fingerprint density at radius 3 is 2.55 bits per heavy atom. The highest BCUT2D eigenvalue weighted by molar-refractivity contribution is 8.14. The van der Waals surface area contributed by atoms with Crippen molar-refractivity contribution < 1.29 is 28.7 Å². The van der Waals surface area contributed by atoms with Crippen LogP contribution in [-0.4, -0.2) is 58.1 Å². The number of amides is 2. The highest BCUT2D eigenvalue weighted by Crippen LogP contribution is 2.41. The van der Waals surface area contributed by atoms with Crippen molar-refractivity contribution in [2.45, 2.75) is 57.2 Å². The number of esters is 1. The fraction of sp³-hybridized carbons (Fsp3) is 0.478. The van der Waals surface area contributed by atoms with Gasteiger partial charge in [0.2, 0.25) is 16.9 Å². The second kappa shape index (κ2) is 11.6. The molecule has 10 heteroatoms. The number of carbonyl (C=O) groups is 4. The van der Waals surface area contributed by atoms with Crippen LogP contribution < -0.4 is 10.1 Å². The van der Waals surface area contributed by atoms with Gasteiger partial charge in [-0.1, -0.05) is 43.7 Å². The van der Waals surface area contributed by atoms with Gasteiger partial charge in [-0.2, -0.15) is 0 Å². The van der Waals surface area contributed by atoms with Crippen LogP contribution in [0.3, 0.4) is 0 Å². The summed E-state index contributed by atoms with van der Waals surface area (Å²) in [5.74, 6) is -0.0651. The summed E-state index contributed by atoms with van der Waals surface area (Å²) in [5.41, 5.74) is 0.995. The molecule has 33 heavy (non-hydrogen) atoms. The summed E-state index contributed by atoms with van der Waals surface area (Å²) in [6.07, 6.45) is 2.96. The Labute approximate surface area is 201 Å². The maximum absolute atomic E-state index is 13.1. The first-order valence-corrected chi connectivity index (χ1v) is 12.7. The first kappa shape index (κ1) is 25.2. The van der Waals surface area contributed by atoms with Gasteiger partial charge in [-0.25, -0.2) is 4.79 Å². The Kier molecular flexibility index (Phi) is 8.85. The van der Waals surface area contributed by atoms with Crippen LogP contribution in [-0.2, 0) is 30.5 Å². The summed E-state index contributed by atoms with van der Waals surface area (Å²) in [6.45, 7) is 3.42. The number of β-lactam (4-membered cyclic amide) rings is 1. The van der Waals surface area contributed by atoms with Crippen molar-refractivity contribution in [1.29, 1.82) is 0 Å². The van der Waals surface area contributed by atoms with Gasteiger partial charge in [-0.3, -0.25) is 14.4 Å². The molecular formula is C23H28N2O6S2. The van der Waals surface area contributed by atoms with E-state index in [1.54, 1.807) is 36.8 Å². The SMILES string of the molecule is CCCCCSC(=O)C1=CS[C@H]2C(NC(C)=O)C(=O)N2C1C(=O)OCc1ccc(OC)cc1. The van der Waals surface area contributed by atoms with E-state index < -0.39 is 29.3 Å². The standard InChI is InChI=1S/C23H28N2O6S2/c1-4-5-6-11-32-23(29)17-13-33-21-18(24-14(2)26)20(27)25(21)19(17)22(28)31-12-15-7-9-16(30-3)10-8-15/h7-10,13,18-19,21H,4-6,11-12H2,1-3H3,(H,24,26)/t18?,19?,21-/m0/s1. The van der Waals surface area contributed by atoms with Crippen molar-refractivity contribution in [2.24, 2.45) is 0 Å². The van der Waals surface area contributed by atoms with Gasteiger partial charge in [0.25, 0.3) is 0 Å². The van der Waals surface area contributed by atoms with Gasteiger partial charge in [-0.05, 0) is 29.5 Å². The van der Waals surface area contributed by atoms with Crippen molar-refractivity contribution in [3.63, 3.8) is 0 Å². The quantitative estimate of drug-likeness (QED) is 0.302. The number of unbranched alkanes of at least 4 members (excludes halogenated alkanes) is 2. The molecular weight excluding hydrogens is 464 g/mol. The minimum Gasteiger partial charge on any atom is -0.497 e. The highest BCUT2D eigenvalue weighted by atomic mass is 32.2. The molecule has 178 valence electrons. The third-order valence-electron chi connectivity index (χ3n) is 5.33. The Bertz CT molecular complexity index is 933. The minimum absolute atomic E-state index is 0.000590. The molecule has 1 saturated heterocycles. The lowest BCUT2D eigenvalue weighted by Crippen LogP contribution is -2.74. The molecule has 2 amide bonds. The first-order chi connectivity index (χ1) is 15.9. The lowest BCUT2D eigenvalue weighted by atomic mass is 9.98. The summed E-state index contributed by atoms with van der Waals surface area (Å²) in [7, 11) is 1.57. The van der Waals surface area contributed by atoms with Gasteiger partial charge in [0, 0.05) is 18.2 Å². The normalized spacial score (nSPS) is 21.4. The Morgan fingerprint density at radius 2 is 1.91 bits per heavy atom. The average molecular weight is 493 g/mol. The lowest BCUT2D eigenvalue weighted by Gasteiger charge is -2.51. The molecule has 2 aliphatic rings. The molecule has 1 fully saturated rings. The summed E-state index contributed by atoms with van der Waals surface area (Å²) in [6, 6.07) is 5.22. The summed E-state index contributed by atoms with van der Waals surface area (Å²) >= 11 is 2.41. The number of thioether (sulfide) groups is 2. The number of fused-ring (bicyclic) bond motifs is 1. The molecule has 2 aliphatic heterocycles. The van der Waals surface area contributed by atoms with E-state index in [4.69, 9.17) is 9.47 Å². The van der Waals surface area contributed by atoms with E-state index in [-0.39, 0.29) is 23.2 Å². The molecule has 8 nitrogen and oxygen atoms in total. The fourth-order valence-corrected chi connectivity index (χ4v) is 5.74. The zero-order chi connectivity index (χ0) is 24.0. The Hall–Kier alpha value is -2.46. The predicted octanol–water partition coefficient (Wildman–Crippen LogP) is 2.86. The van der Waals surface area contributed by atoms with Crippen LogP contribution in [0.5, 0.6) is 5.75 Å². The van der Waals surface area contributed by atoms with Crippen molar-refractivity contribution in [2.75, 3.05) is 12.9 Å². The third-order valence-corrected chi connectivity index (χ3v) is 7.48. The van der Waals surface area contributed by atoms with E-state index in [9.17, 15) is 19.2 Å². The third kappa shape index (κ3) is 5.92. The molecule has 0 radical (unpaired) electrons. The van der Waals surface area contributed by atoms with Crippen LogP contribution in [0.15, 0.2) is 35.2 Å². The molecule has 2 heterocycles. The molecule has 0 spiro atoms. The number of benzene rings is 1. The lowest BCUT2D eigenvalue weighted by molar-refractivity contribution is -0.164. The Morgan fingerprint density at radius 1 is 1.18 bits per heavy atom. The number of rotatable bonds is 10. The number of ether oxygens (including phenoxy) is 2. The van der Waals surface area contributed by atoms with Gasteiger partial charge >= 0.3 is 5.97 Å². The maximum Gasteiger partial charge on any atom is 0.334 e. The predicted molar refractivity (Wildman–Crippen MR) is 127 cm³/mol. The van der Waals surface area contributed by atoms with Gasteiger partial charge in [0.15, 0.2) is 6.04 Å². The van der Waals surface area contributed by atoms with Gasteiger partial charge in [0.05, 0.1) is 7.11 Å².